The van der Waals surface area contributed by atoms with Crippen LogP contribution in [0.5, 0.6) is 5.75 Å². The number of nitrogens with two attached hydrogens (primary N) is 1. The molecule has 0 fully saturated rings. The molecule has 0 radical (unpaired) electrons. The molecule has 0 aliphatic rings. The molecule has 0 unspecified atom stereocenters. The Kier molecular flexibility index (Phi) is 4.13. The zero-order chi connectivity index (χ0) is 11.9. The molecule has 88 valence electrons. The summed E-state index contributed by atoms with van der Waals surface area (Å²) in [5, 5.41) is 0. The standard InChI is InChI=1S/C14H15NO2/c15-17-11-13-6-8-14(9-7-13)16-10-12-4-2-1-3-5-12/h1-9H,10-11,15H2. The molecule has 0 saturated heterocycles. The molecule has 2 rings (SSSR count). The third-order valence-electron chi connectivity index (χ3n) is 2.42. The molecule has 3 nitrogen and oxygen atoms in total. The number of hydrogen-bond acceptors (Lipinski definition) is 3. The average Bonchev–Trinajstić information content (AvgIpc) is 2.40. The second kappa shape index (κ2) is 6.03. The summed E-state index contributed by atoms with van der Waals surface area (Å²) in [5.41, 5.74) is 2.18. The van der Waals surface area contributed by atoms with Gasteiger partial charge in [0.15, 0.2) is 0 Å². The van der Waals surface area contributed by atoms with E-state index in [1.54, 1.807) is 0 Å². The Morgan fingerprint density at radius 3 is 2.06 bits per heavy atom. The Bertz CT molecular complexity index is 440. The van der Waals surface area contributed by atoms with Crippen molar-refractivity contribution in [1.82, 2.24) is 0 Å². The zero-order valence-corrected chi connectivity index (χ0v) is 9.50. The summed E-state index contributed by atoms with van der Waals surface area (Å²) in [6.45, 7) is 0.993. The van der Waals surface area contributed by atoms with Crippen LogP contribution < -0.4 is 10.6 Å². The number of hydrogen-bond donors (Lipinski definition) is 1. The fourth-order valence-electron chi connectivity index (χ4n) is 1.52. The molecule has 0 bridgehead atoms. The summed E-state index contributed by atoms with van der Waals surface area (Å²) in [4.78, 5) is 4.56. The van der Waals surface area contributed by atoms with Crippen molar-refractivity contribution in [2.24, 2.45) is 5.90 Å². The fraction of sp³-hybridized carbons (Fsp3) is 0.143. The van der Waals surface area contributed by atoms with Gasteiger partial charge in [-0.25, -0.2) is 5.90 Å². The van der Waals surface area contributed by atoms with Crippen LogP contribution in [0.25, 0.3) is 0 Å². The molecule has 2 aromatic rings. The van der Waals surface area contributed by atoms with Crippen LogP contribution in [0.15, 0.2) is 54.6 Å². The Hall–Kier alpha value is -1.84. The van der Waals surface area contributed by atoms with Crippen molar-refractivity contribution in [2.75, 3.05) is 0 Å². The predicted octanol–water partition coefficient (Wildman–Crippen LogP) is 2.66. The van der Waals surface area contributed by atoms with Gasteiger partial charge in [-0.1, -0.05) is 42.5 Å². The largest absolute Gasteiger partial charge is 0.489 e. The van der Waals surface area contributed by atoms with Gasteiger partial charge in [-0.15, -0.1) is 0 Å². The van der Waals surface area contributed by atoms with E-state index in [1.165, 1.54) is 0 Å². The van der Waals surface area contributed by atoms with E-state index in [4.69, 9.17) is 10.6 Å². The molecular weight excluding hydrogens is 214 g/mol. The first-order valence-electron chi connectivity index (χ1n) is 5.46. The van der Waals surface area contributed by atoms with E-state index >= 15 is 0 Å². The summed E-state index contributed by atoms with van der Waals surface area (Å²) in [6, 6.07) is 17.8. The van der Waals surface area contributed by atoms with Gasteiger partial charge in [-0.05, 0) is 23.3 Å². The molecule has 2 N–H and O–H groups in total. The first kappa shape index (κ1) is 11.6. The number of rotatable bonds is 5. The molecule has 3 heteroatoms. The van der Waals surface area contributed by atoms with Crippen LogP contribution in [0.4, 0.5) is 0 Å². The maximum Gasteiger partial charge on any atom is 0.119 e. The second-order valence-corrected chi connectivity index (χ2v) is 3.73. The van der Waals surface area contributed by atoms with Crippen LogP contribution in [0.3, 0.4) is 0 Å². The minimum Gasteiger partial charge on any atom is -0.489 e. The first-order valence-corrected chi connectivity index (χ1v) is 5.46. The molecule has 2 aromatic carbocycles. The smallest absolute Gasteiger partial charge is 0.119 e. The van der Waals surface area contributed by atoms with E-state index < -0.39 is 0 Å². The lowest BCUT2D eigenvalue weighted by Crippen LogP contribution is -1.99. The molecule has 0 heterocycles. The van der Waals surface area contributed by atoms with E-state index in [0.717, 1.165) is 16.9 Å². The summed E-state index contributed by atoms with van der Waals surface area (Å²) < 4.78 is 5.65. The zero-order valence-electron chi connectivity index (χ0n) is 9.50. The molecule has 0 aromatic heterocycles. The highest BCUT2D eigenvalue weighted by atomic mass is 16.6. The topological polar surface area (TPSA) is 44.5 Å². The third kappa shape index (κ3) is 3.59. The second-order valence-electron chi connectivity index (χ2n) is 3.73. The molecule has 0 spiro atoms. The Morgan fingerprint density at radius 1 is 0.765 bits per heavy atom. The summed E-state index contributed by atoms with van der Waals surface area (Å²) in [7, 11) is 0. The molecule has 0 aliphatic carbocycles. The van der Waals surface area contributed by atoms with E-state index in [-0.39, 0.29) is 0 Å². The van der Waals surface area contributed by atoms with Crippen LogP contribution in [-0.2, 0) is 18.1 Å². The van der Waals surface area contributed by atoms with Crippen LogP contribution in [0, 0.1) is 0 Å². The van der Waals surface area contributed by atoms with Crippen molar-refractivity contribution in [3.05, 3.63) is 65.7 Å². The Balaban J connectivity index is 1.91. The fourth-order valence-corrected chi connectivity index (χ4v) is 1.52. The lowest BCUT2D eigenvalue weighted by Gasteiger charge is -2.06. The van der Waals surface area contributed by atoms with Crippen LogP contribution in [0.1, 0.15) is 11.1 Å². The maximum atomic E-state index is 5.65. The van der Waals surface area contributed by atoms with Gasteiger partial charge in [0.2, 0.25) is 0 Å². The number of ether oxygens (including phenoxy) is 1. The van der Waals surface area contributed by atoms with Gasteiger partial charge in [0.05, 0.1) is 6.61 Å². The van der Waals surface area contributed by atoms with E-state index in [9.17, 15) is 0 Å². The predicted molar refractivity (Wildman–Crippen MR) is 66.2 cm³/mol. The highest BCUT2D eigenvalue weighted by molar-refractivity contribution is 5.27. The Labute approximate surface area is 101 Å². The molecule has 0 saturated carbocycles. The minimum absolute atomic E-state index is 0.416. The monoisotopic (exact) mass is 229 g/mol. The van der Waals surface area contributed by atoms with Gasteiger partial charge in [0.1, 0.15) is 12.4 Å². The van der Waals surface area contributed by atoms with Crippen LogP contribution in [-0.4, -0.2) is 0 Å². The SMILES string of the molecule is NOCc1ccc(OCc2ccccc2)cc1. The first-order chi connectivity index (χ1) is 8.38. The number of benzene rings is 2. The quantitative estimate of drug-likeness (QED) is 0.802. The lowest BCUT2D eigenvalue weighted by molar-refractivity contribution is 0.124. The van der Waals surface area contributed by atoms with E-state index in [2.05, 4.69) is 4.84 Å². The van der Waals surface area contributed by atoms with Crippen molar-refractivity contribution in [1.29, 1.82) is 0 Å². The van der Waals surface area contributed by atoms with Gasteiger partial charge in [-0.3, -0.25) is 4.84 Å². The van der Waals surface area contributed by atoms with Crippen molar-refractivity contribution >= 4 is 0 Å². The molecular formula is C14H15NO2. The van der Waals surface area contributed by atoms with Gasteiger partial charge < -0.3 is 4.74 Å². The van der Waals surface area contributed by atoms with Crippen molar-refractivity contribution in [3.63, 3.8) is 0 Å². The highest BCUT2D eigenvalue weighted by Gasteiger charge is 1.96. The van der Waals surface area contributed by atoms with Gasteiger partial charge in [0.25, 0.3) is 0 Å². The van der Waals surface area contributed by atoms with Crippen LogP contribution in [0.2, 0.25) is 0 Å². The van der Waals surface area contributed by atoms with Gasteiger partial charge in [0, 0.05) is 0 Å². The highest BCUT2D eigenvalue weighted by Crippen LogP contribution is 2.14. The molecule has 17 heavy (non-hydrogen) atoms. The summed E-state index contributed by atoms with van der Waals surface area (Å²) in [6.07, 6.45) is 0. The van der Waals surface area contributed by atoms with Crippen molar-refractivity contribution in [2.45, 2.75) is 13.2 Å². The summed E-state index contributed by atoms with van der Waals surface area (Å²) in [5.74, 6) is 5.84. The summed E-state index contributed by atoms with van der Waals surface area (Å²) >= 11 is 0. The third-order valence-corrected chi connectivity index (χ3v) is 2.42. The van der Waals surface area contributed by atoms with Crippen LogP contribution >= 0.6 is 0 Å². The maximum absolute atomic E-state index is 5.65. The molecule has 0 atom stereocenters. The normalized spacial score (nSPS) is 10.2. The van der Waals surface area contributed by atoms with Gasteiger partial charge in [-0.2, -0.15) is 0 Å². The van der Waals surface area contributed by atoms with E-state index in [1.807, 2.05) is 54.6 Å². The lowest BCUT2D eigenvalue weighted by atomic mass is 10.2. The minimum atomic E-state index is 0.416. The Morgan fingerprint density at radius 2 is 1.41 bits per heavy atom. The van der Waals surface area contributed by atoms with Gasteiger partial charge >= 0.3 is 0 Å². The molecule has 0 amide bonds. The van der Waals surface area contributed by atoms with E-state index in [0.29, 0.717) is 13.2 Å². The van der Waals surface area contributed by atoms with Crippen molar-refractivity contribution in [3.8, 4) is 5.75 Å². The van der Waals surface area contributed by atoms with Crippen molar-refractivity contribution < 1.29 is 9.57 Å². The average molecular weight is 229 g/mol. The molecule has 0 aliphatic heterocycles.